The second-order valence-electron chi connectivity index (χ2n) is 3.83. The number of carbonyl (C=O) groups excluding carboxylic acids is 2. The number of likely N-dealkylation sites (N-methyl/N-ethyl adjacent to an activating group) is 1. The van der Waals surface area contributed by atoms with Crippen molar-refractivity contribution in [3.63, 3.8) is 0 Å². The van der Waals surface area contributed by atoms with E-state index < -0.39 is 11.8 Å². The van der Waals surface area contributed by atoms with Crippen molar-refractivity contribution in [2.75, 3.05) is 20.7 Å². The fourth-order valence-electron chi connectivity index (χ4n) is 1.61. The van der Waals surface area contributed by atoms with E-state index in [9.17, 15) is 9.59 Å². The molecule has 1 atom stereocenters. The Kier molecular flexibility index (Phi) is 3.63. The summed E-state index contributed by atoms with van der Waals surface area (Å²) in [7, 11) is 3.64. The standard InChI is InChI=1S/C10H17NO3/c1-4-14-10(13)9(12)8(11(2)3)7-5-6-7/h7-8H,4-6H2,1-3H3. The number of carbonyl (C=O) groups is 2. The van der Waals surface area contributed by atoms with Gasteiger partial charge in [-0.15, -0.1) is 0 Å². The molecule has 14 heavy (non-hydrogen) atoms. The van der Waals surface area contributed by atoms with Crippen LogP contribution in [0.5, 0.6) is 0 Å². The minimum Gasteiger partial charge on any atom is -0.460 e. The Bertz CT molecular complexity index is 232. The fourth-order valence-corrected chi connectivity index (χ4v) is 1.61. The van der Waals surface area contributed by atoms with Gasteiger partial charge in [-0.1, -0.05) is 0 Å². The smallest absolute Gasteiger partial charge is 0.376 e. The Morgan fingerprint density at radius 2 is 2.00 bits per heavy atom. The van der Waals surface area contributed by atoms with Gasteiger partial charge >= 0.3 is 5.97 Å². The van der Waals surface area contributed by atoms with Crippen LogP contribution in [0.4, 0.5) is 0 Å². The molecule has 0 amide bonds. The van der Waals surface area contributed by atoms with Gasteiger partial charge in [-0.05, 0) is 39.8 Å². The van der Waals surface area contributed by atoms with Gasteiger partial charge in [-0.3, -0.25) is 9.69 Å². The summed E-state index contributed by atoms with van der Waals surface area (Å²) in [5.41, 5.74) is 0. The average molecular weight is 199 g/mol. The molecule has 1 fully saturated rings. The largest absolute Gasteiger partial charge is 0.460 e. The maximum atomic E-state index is 11.6. The molecule has 0 aromatic rings. The highest BCUT2D eigenvalue weighted by Gasteiger charge is 2.40. The Labute approximate surface area is 84.2 Å². The van der Waals surface area contributed by atoms with E-state index in [1.165, 1.54) is 0 Å². The zero-order valence-electron chi connectivity index (χ0n) is 8.95. The van der Waals surface area contributed by atoms with E-state index in [2.05, 4.69) is 0 Å². The molecule has 0 spiro atoms. The lowest BCUT2D eigenvalue weighted by atomic mass is 10.1. The topological polar surface area (TPSA) is 46.6 Å². The summed E-state index contributed by atoms with van der Waals surface area (Å²) < 4.78 is 4.70. The first kappa shape index (κ1) is 11.2. The monoisotopic (exact) mass is 199 g/mol. The fraction of sp³-hybridized carbons (Fsp3) is 0.800. The van der Waals surface area contributed by atoms with E-state index >= 15 is 0 Å². The molecule has 1 unspecified atom stereocenters. The van der Waals surface area contributed by atoms with Gasteiger partial charge in [0.2, 0.25) is 0 Å². The van der Waals surface area contributed by atoms with Gasteiger partial charge in [-0.25, -0.2) is 4.79 Å². The molecule has 0 aromatic carbocycles. The van der Waals surface area contributed by atoms with Crippen LogP contribution in [-0.2, 0) is 14.3 Å². The van der Waals surface area contributed by atoms with E-state index in [1.807, 2.05) is 14.1 Å². The first-order valence-electron chi connectivity index (χ1n) is 4.95. The quantitative estimate of drug-likeness (QED) is 0.476. The Balaban J connectivity index is 2.58. The number of hydrogen-bond donors (Lipinski definition) is 0. The summed E-state index contributed by atoms with van der Waals surface area (Å²) in [6.45, 7) is 1.96. The molecule has 0 radical (unpaired) electrons. The van der Waals surface area contributed by atoms with Gasteiger partial charge in [0.15, 0.2) is 0 Å². The van der Waals surface area contributed by atoms with E-state index in [4.69, 9.17) is 4.74 Å². The van der Waals surface area contributed by atoms with Crippen molar-refractivity contribution < 1.29 is 14.3 Å². The van der Waals surface area contributed by atoms with Crippen molar-refractivity contribution in [2.24, 2.45) is 5.92 Å². The van der Waals surface area contributed by atoms with Crippen molar-refractivity contribution in [1.29, 1.82) is 0 Å². The number of nitrogens with zero attached hydrogens (tertiary/aromatic N) is 1. The minimum atomic E-state index is -0.696. The van der Waals surface area contributed by atoms with E-state index in [0.29, 0.717) is 5.92 Å². The van der Waals surface area contributed by atoms with Gasteiger partial charge in [0, 0.05) is 0 Å². The van der Waals surface area contributed by atoms with Crippen molar-refractivity contribution in [2.45, 2.75) is 25.8 Å². The molecule has 1 aliphatic carbocycles. The molecule has 0 aliphatic heterocycles. The number of rotatable bonds is 5. The van der Waals surface area contributed by atoms with Crippen LogP contribution in [-0.4, -0.2) is 43.4 Å². The van der Waals surface area contributed by atoms with Crippen molar-refractivity contribution in [3.8, 4) is 0 Å². The SMILES string of the molecule is CCOC(=O)C(=O)C(C1CC1)N(C)C. The van der Waals surface area contributed by atoms with Gasteiger partial charge < -0.3 is 4.74 Å². The van der Waals surface area contributed by atoms with Crippen molar-refractivity contribution >= 4 is 11.8 Å². The highest BCUT2D eigenvalue weighted by Crippen LogP contribution is 2.35. The number of esters is 1. The summed E-state index contributed by atoms with van der Waals surface area (Å²) >= 11 is 0. The zero-order valence-corrected chi connectivity index (χ0v) is 8.95. The summed E-state index contributed by atoms with van der Waals surface area (Å²) in [4.78, 5) is 24.7. The predicted molar refractivity (Wildman–Crippen MR) is 51.8 cm³/mol. The molecule has 0 aromatic heterocycles. The molecule has 0 bridgehead atoms. The number of ether oxygens (including phenoxy) is 1. The van der Waals surface area contributed by atoms with E-state index in [0.717, 1.165) is 12.8 Å². The summed E-state index contributed by atoms with van der Waals surface area (Å²) in [6, 6.07) is -0.283. The van der Waals surface area contributed by atoms with Crippen LogP contribution in [0.15, 0.2) is 0 Å². The maximum absolute atomic E-state index is 11.6. The van der Waals surface area contributed by atoms with Crippen LogP contribution in [0.25, 0.3) is 0 Å². The maximum Gasteiger partial charge on any atom is 0.376 e. The molecule has 80 valence electrons. The molecular weight excluding hydrogens is 182 g/mol. The van der Waals surface area contributed by atoms with E-state index in [-0.39, 0.29) is 12.6 Å². The molecule has 0 heterocycles. The summed E-state index contributed by atoms with van der Waals surface area (Å²) in [5.74, 6) is -0.751. The highest BCUT2D eigenvalue weighted by molar-refractivity contribution is 6.35. The molecular formula is C10H17NO3. The van der Waals surface area contributed by atoms with Crippen LogP contribution < -0.4 is 0 Å². The van der Waals surface area contributed by atoms with Crippen LogP contribution in [0, 0.1) is 5.92 Å². The Morgan fingerprint density at radius 3 is 2.36 bits per heavy atom. The van der Waals surface area contributed by atoms with Crippen LogP contribution in [0.2, 0.25) is 0 Å². The molecule has 1 saturated carbocycles. The third-order valence-corrected chi connectivity index (χ3v) is 2.37. The lowest BCUT2D eigenvalue weighted by Gasteiger charge is -2.21. The van der Waals surface area contributed by atoms with Crippen molar-refractivity contribution in [3.05, 3.63) is 0 Å². The molecule has 1 rings (SSSR count). The molecule has 0 N–H and O–H groups in total. The number of Topliss-reactive ketones (excluding diaryl/α,β-unsaturated/α-hetero) is 1. The second kappa shape index (κ2) is 4.55. The van der Waals surface area contributed by atoms with Crippen LogP contribution in [0.1, 0.15) is 19.8 Å². The van der Waals surface area contributed by atoms with Gasteiger partial charge in [-0.2, -0.15) is 0 Å². The summed E-state index contributed by atoms with van der Waals surface area (Å²) in [6.07, 6.45) is 2.07. The lowest BCUT2D eigenvalue weighted by Crippen LogP contribution is -2.42. The first-order valence-corrected chi connectivity index (χ1v) is 4.95. The Morgan fingerprint density at radius 1 is 1.43 bits per heavy atom. The molecule has 4 heteroatoms. The third kappa shape index (κ3) is 2.54. The van der Waals surface area contributed by atoms with Crippen LogP contribution in [0.3, 0.4) is 0 Å². The first-order chi connectivity index (χ1) is 6.57. The summed E-state index contributed by atoms with van der Waals surface area (Å²) in [5, 5.41) is 0. The second-order valence-corrected chi connectivity index (χ2v) is 3.83. The third-order valence-electron chi connectivity index (χ3n) is 2.37. The predicted octanol–water partition coefficient (Wildman–Crippen LogP) is 0.459. The minimum absolute atomic E-state index is 0.259. The zero-order chi connectivity index (χ0) is 10.7. The molecule has 4 nitrogen and oxygen atoms in total. The lowest BCUT2D eigenvalue weighted by molar-refractivity contribution is -0.155. The molecule has 0 saturated heterocycles. The van der Waals surface area contributed by atoms with Gasteiger partial charge in [0.1, 0.15) is 0 Å². The normalized spacial score (nSPS) is 18.0. The average Bonchev–Trinajstić information content (AvgIpc) is 2.88. The Hall–Kier alpha value is -0.900. The van der Waals surface area contributed by atoms with E-state index in [1.54, 1.807) is 11.8 Å². The van der Waals surface area contributed by atoms with Gasteiger partial charge in [0.05, 0.1) is 12.6 Å². The van der Waals surface area contributed by atoms with Crippen LogP contribution >= 0.6 is 0 Å². The highest BCUT2D eigenvalue weighted by atomic mass is 16.5. The number of ketones is 1. The number of hydrogen-bond acceptors (Lipinski definition) is 4. The molecule has 1 aliphatic rings. The van der Waals surface area contributed by atoms with Gasteiger partial charge in [0.25, 0.3) is 5.78 Å². The van der Waals surface area contributed by atoms with Crippen molar-refractivity contribution in [1.82, 2.24) is 4.90 Å².